The molecule has 3 aliphatic rings. The van der Waals surface area contributed by atoms with Crippen LogP contribution in [0, 0.1) is 0 Å². The van der Waals surface area contributed by atoms with Gasteiger partial charge in [0.2, 0.25) is 0 Å². The number of thioether (sulfide) groups is 2. The second-order valence-electron chi connectivity index (χ2n) is 7.90. The molecule has 0 spiro atoms. The number of piperazine rings is 1. The van der Waals surface area contributed by atoms with Crippen LogP contribution in [-0.2, 0) is 27.5 Å². The summed E-state index contributed by atoms with van der Waals surface area (Å²) in [7, 11) is 3.18. The molecule has 3 fully saturated rings. The van der Waals surface area contributed by atoms with Crippen molar-refractivity contribution in [3.63, 3.8) is 0 Å². The van der Waals surface area contributed by atoms with E-state index in [0.717, 1.165) is 16.7 Å². The third-order valence-corrected chi connectivity index (χ3v) is 9.50. The number of carbonyl (C=O) groups is 2. The molecule has 1 unspecified atom stereocenters. The van der Waals surface area contributed by atoms with Crippen molar-refractivity contribution in [1.29, 1.82) is 0 Å². The predicted molar refractivity (Wildman–Crippen MR) is 124 cm³/mol. The highest BCUT2D eigenvalue weighted by Gasteiger charge is 2.66. The van der Waals surface area contributed by atoms with Crippen molar-refractivity contribution in [2.24, 2.45) is 0 Å². The number of nitrogens with zero attached hydrogens (tertiary/aromatic N) is 2. The van der Waals surface area contributed by atoms with Gasteiger partial charge in [-0.3, -0.25) is 9.59 Å². The molecule has 7 nitrogen and oxygen atoms in total. The Morgan fingerprint density at radius 3 is 2.09 bits per heavy atom. The number of fused-ring (bicyclic) bond motifs is 4. The summed E-state index contributed by atoms with van der Waals surface area (Å²) in [6.45, 7) is -0.219. The second kappa shape index (κ2) is 9.07. The molecule has 2 aromatic rings. The largest absolute Gasteiger partial charge is 0.392 e. The van der Waals surface area contributed by atoms with Crippen molar-refractivity contribution in [2.45, 2.75) is 27.5 Å². The summed E-state index contributed by atoms with van der Waals surface area (Å²) in [6.07, 6.45) is 0. The van der Waals surface area contributed by atoms with E-state index in [2.05, 4.69) is 0 Å². The number of carbonyl (C=O) groups excluding carboxylic acids is 2. The third kappa shape index (κ3) is 3.72. The first kappa shape index (κ1) is 23.1. The van der Waals surface area contributed by atoms with Gasteiger partial charge in [0, 0.05) is 14.1 Å². The zero-order valence-corrected chi connectivity index (χ0v) is 19.6. The minimum Gasteiger partial charge on any atom is -0.392 e. The van der Waals surface area contributed by atoms with Crippen LogP contribution in [0.5, 0.6) is 0 Å². The fourth-order valence-corrected chi connectivity index (χ4v) is 7.60. The minimum atomic E-state index is -1.40. The molecule has 0 radical (unpaired) electrons. The standard InChI is InChI=1S/C23H26N2O5S2/c1-24-21(29)23(15-30-13-17-6-4-3-5-7-17)25(2)20(28)22(24,14-27)31-19(32-23)18-10-8-16(12-26)9-11-18/h3-11,19,26-27H,12-15H2,1-2H3/t19?,22-,23-/m0/s1. The van der Waals surface area contributed by atoms with E-state index in [1.807, 2.05) is 54.6 Å². The van der Waals surface area contributed by atoms with E-state index < -0.39 is 16.3 Å². The maximum Gasteiger partial charge on any atom is 0.262 e. The highest BCUT2D eigenvalue weighted by Crippen LogP contribution is 2.60. The van der Waals surface area contributed by atoms with E-state index >= 15 is 0 Å². The summed E-state index contributed by atoms with van der Waals surface area (Å²) in [6, 6.07) is 17.1. The number of hydrogen-bond donors (Lipinski definition) is 2. The highest BCUT2D eigenvalue weighted by atomic mass is 32.2. The summed E-state index contributed by atoms with van der Waals surface area (Å²) < 4.78 is 5.68. The number of rotatable bonds is 7. The molecule has 0 aliphatic carbocycles. The minimum absolute atomic E-state index is 0.0191. The van der Waals surface area contributed by atoms with Crippen molar-refractivity contribution >= 4 is 35.3 Å². The van der Waals surface area contributed by atoms with Crippen molar-refractivity contribution in [3.8, 4) is 0 Å². The van der Waals surface area contributed by atoms with Crippen LogP contribution >= 0.6 is 23.5 Å². The van der Waals surface area contributed by atoms with Crippen molar-refractivity contribution in [2.75, 3.05) is 27.3 Å². The van der Waals surface area contributed by atoms with Crippen LogP contribution in [-0.4, -0.2) is 68.9 Å². The van der Waals surface area contributed by atoms with Crippen LogP contribution in [0.25, 0.3) is 0 Å². The molecule has 32 heavy (non-hydrogen) atoms. The maximum absolute atomic E-state index is 13.6. The topological polar surface area (TPSA) is 90.3 Å². The number of amides is 2. The molecule has 3 aliphatic heterocycles. The lowest BCUT2D eigenvalue weighted by atomic mass is 10.1. The molecule has 3 heterocycles. The molecular formula is C23H26N2O5S2. The van der Waals surface area contributed by atoms with Crippen LogP contribution in [0.4, 0.5) is 0 Å². The Bertz CT molecular complexity index is 990. The molecule has 2 aromatic carbocycles. The van der Waals surface area contributed by atoms with Gasteiger partial charge in [-0.25, -0.2) is 0 Å². The van der Waals surface area contributed by atoms with Gasteiger partial charge in [0.05, 0.1) is 31.0 Å². The van der Waals surface area contributed by atoms with Crippen LogP contribution in [0.15, 0.2) is 54.6 Å². The molecule has 2 amide bonds. The predicted octanol–water partition coefficient (Wildman–Crippen LogP) is 2.19. The van der Waals surface area contributed by atoms with Gasteiger partial charge in [0.1, 0.15) is 0 Å². The zero-order chi connectivity index (χ0) is 22.9. The van der Waals surface area contributed by atoms with Crippen LogP contribution in [0.2, 0.25) is 0 Å². The van der Waals surface area contributed by atoms with Gasteiger partial charge < -0.3 is 24.7 Å². The first-order valence-electron chi connectivity index (χ1n) is 10.2. The Morgan fingerprint density at radius 2 is 1.47 bits per heavy atom. The van der Waals surface area contributed by atoms with Gasteiger partial charge in [-0.2, -0.15) is 0 Å². The monoisotopic (exact) mass is 474 g/mol. The molecule has 3 saturated heterocycles. The van der Waals surface area contributed by atoms with E-state index in [4.69, 9.17) is 4.74 Å². The van der Waals surface area contributed by atoms with Gasteiger partial charge in [0.25, 0.3) is 11.8 Å². The Morgan fingerprint density at radius 1 is 0.875 bits per heavy atom. The van der Waals surface area contributed by atoms with Crippen LogP contribution < -0.4 is 0 Å². The van der Waals surface area contributed by atoms with Gasteiger partial charge >= 0.3 is 0 Å². The smallest absolute Gasteiger partial charge is 0.262 e. The lowest BCUT2D eigenvalue weighted by Crippen LogP contribution is -2.73. The van der Waals surface area contributed by atoms with Gasteiger partial charge in [-0.1, -0.05) is 54.6 Å². The quantitative estimate of drug-likeness (QED) is 0.636. The van der Waals surface area contributed by atoms with Gasteiger partial charge in [-0.05, 0) is 16.7 Å². The number of aliphatic hydroxyl groups excluding tert-OH is 2. The van der Waals surface area contributed by atoms with Gasteiger partial charge in [0.15, 0.2) is 9.74 Å². The lowest BCUT2D eigenvalue weighted by Gasteiger charge is -2.50. The molecule has 3 atom stereocenters. The number of ether oxygens (including phenoxy) is 1. The number of aliphatic hydroxyl groups is 2. The summed E-state index contributed by atoms with van der Waals surface area (Å²) in [5.41, 5.74) is 2.65. The van der Waals surface area contributed by atoms with Gasteiger partial charge in [-0.15, -0.1) is 23.5 Å². The second-order valence-corrected chi connectivity index (χ2v) is 11.0. The summed E-state index contributed by atoms with van der Waals surface area (Å²) in [5.74, 6) is -0.592. The Labute approximate surface area is 195 Å². The number of benzene rings is 2. The lowest BCUT2D eigenvalue weighted by molar-refractivity contribution is -0.168. The number of likely N-dealkylation sites (N-methyl/N-ethyl adjacent to an activating group) is 2. The third-order valence-electron chi connectivity index (χ3n) is 6.02. The summed E-state index contributed by atoms with van der Waals surface area (Å²) in [5, 5.41) is 19.7. The van der Waals surface area contributed by atoms with E-state index in [-0.39, 0.29) is 29.6 Å². The molecule has 9 heteroatoms. The Hall–Kier alpha value is -2.04. The van der Waals surface area contributed by atoms with Crippen molar-refractivity contribution in [1.82, 2.24) is 9.80 Å². The van der Waals surface area contributed by atoms with E-state index in [0.29, 0.717) is 6.61 Å². The number of hydrogen-bond acceptors (Lipinski definition) is 7. The summed E-state index contributed by atoms with van der Waals surface area (Å²) in [4.78, 5) is 27.3. The van der Waals surface area contributed by atoms with Crippen LogP contribution in [0.3, 0.4) is 0 Å². The Balaban J connectivity index is 1.70. The first-order chi connectivity index (χ1) is 15.4. The average Bonchev–Trinajstić information content (AvgIpc) is 2.99. The van der Waals surface area contributed by atoms with Crippen molar-refractivity contribution in [3.05, 3.63) is 71.3 Å². The van der Waals surface area contributed by atoms with E-state index in [1.54, 1.807) is 14.1 Å². The molecule has 170 valence electrons. The normalized spacial score (nSPS) is 27.7. The molecule has 2 bridgehead atoms. The molecule has 2 N–H and O–H groups in total. The molecular weight excluding hydrogens is 448 g/mol. The fraction of sp³-hybridized carbons (Fsp3) is 0.391. The zero-order valence-electron chi connectivity index (χ0n) is 17.9. The SMILES string of the molecule is CN1C(=O)[C@]2(COCc3ccccc3)SC(c3ccc(CO)cc3)S[C@@]1(CO)C(=O)N2C. The average molecular weight is 475 g/mol. The Kier molecular flexibility index (Phi) is 6.56. The molecule has 0 saturated carbocycles. The first-order valence-corrected chi connectivity index (χ1v) is 12.0. The van der Waals surface area contributed by atoms with Crippen LogP contribution in [0.1, 0.15) is 21.3 Å². The van der Waals surface area contributed by atoms with E-state index in [1.165, 1.54) is 33.3 Å². The fourth-order valence-electron chi connectivity index (χ4n) is 3.98. The summed E-state index contributed by atoms with van der Waals surface area (Å²) >= 11 is 2.63. The maximum atomic E-state index is 13.6. The van der Waals surface area contributed by atoms with Crippen molar-refractivity contribution < 1.29 is 24.5 Å². The highest BCUT2D eigenvalue weighted by molar-refractivity contribution is 8.18. The molecule has 5 rings (SSSR count). The molecule has 0 aromatic heterocycles. The van der Waals surface area contributed by atoms with E-state index in [9.17, 15) is 19.8 Å².